The Kier molecular flexibility index (Phi) is 4.98. The van der Waals surface area contributed by atoms with Crippen molar-refractivity contribution in [2.75, 3.05) is 11.9 Å². The van der Waals surface area contributed by atoms with Crippen molar-refractivity contribution in [3.63, 3.8) is 0 Å². The van der Waals surface area contributed by atoms with Crippen LogP contribution >= 0.6 is 11.3 Å². The Hall–Kier alpha value is -2.30. The molecule has 1 aromatic heterocycles. The molecular weight excluding hydrogens is 291 g/mol. The molecule has 0 bridgehead atoms. The quantitative estimate of drug-likeness (QED) is 0.847. The monoisotopic (exact) mass is 304 g/mol. The Bertz CT molecular complexity index is 717. The number of nitrogens with two attached hydrogens (primary N) is 1. The molecule has 0 aliphatic carbocycles. The molecule has 0 saturated heterocycles. The molecule has 0 radical (unpaired) electrons. The molecule has 1 amide bonds. The lowest BCUT2D eigenvalue weighted by atomic mass is 10.1. The Morgan fingerprint density at radius 1 is 1.48 bits per heavy atom. The summed E-state index contributed by atoms with van der Waals surface area (Å²) in [5, 5.41) is 11.5. The van der Waals surface area contributed by atoms with Gasteiger partial charge in [-0.05, 0) is 24.6 Å². The van der Waals surface area contributed by atoms with Crippen molar-refractivity contribution in [2.24, 2.45) is 5.73 Å². The number of rotatable bonds is 3. The van der Waals surface area contributed by atoms with Gasteiger partial charge in [0.05, 0.1) is 12.1 Å². The van der Waals surface area contributed by atoms with Crippen molar-refractivity contribution >= 4 is 22.4 Å². The van der Waals surface area contributed by atoms with E-state index in [2.05, 4.69) is 27.4 Å². The fraction of sp³-hybridized carbons (Fsp3) is 0.214. The van der Waals surface area contributed by atoms with Crippen LogP contribution in [0, 0.1) is 17.7 Å². The lowest BCUT2D eigenvalue weighted by Gasteiger charge is -2.02. The zero-order valence-corrected chi connectivity index (χ0v) is 12.1. The second-order valence-electron chi connectivity index (χ2n) is 4.01. The number of carbonyl (C=O) groups is 1. The molecule has 0 atom stereocenters. The van der Waals surface area contributed by atoms with Gasteiger partial charge in [0.1, 0.15) is 10.8 Å². The minimum atomic E-state index is -0.560. The van der Waals surface area contributed by atoms with Crippen molar-refractivity contribution < 1.29 is 9.18 Å². The average Bonchev–Trinajstić information content (AvgIpc) is 2.93. The molecule has 5 nitrogen and oxygen atoms in total. The minimum absolute atomic E-state index is 0.151. The van der Waals surface area contributed by atoms with Gasteiger partial charge in [-0.25, -0.2) is 4.39 Å². The van der Waals surface area contributed by atoms with E-state index in [0.717, 1.165) is 17.5 Å². The highest BCUT2D eigenvalue weighted by molar-refractivity contribution is 7.15. The van der Waals surface area contributed by atoms with Crippen molar-refractivity contribution in [1.29, 1.82) is 0 Å². The van der Waals surface area contributed by atoms with Gasteiger partial charge < -0.3 is 5.73 Å². The molecule has 0 unspecified atom stereocenters. The number of aryl methyl sites for hydroxylation is 1. The van der Waals surface area contributed by atoms with Crippen molar-refractivity contribution in [2.45, 2.75) is 13.3 Å². The third-order valence-corrected chi connectivity index (χ3v) is 3.53. The van der Waals surface area contributed by atoms with Gasteiger partial charge in [0.15, 0.2) is 0 Å². The summed E-state index contributed by atoms with van der Waals surface area (Å²) in [6, 6.07) is 4.09. The normalized spacial score (nSPS) is 9.86. The van der Waals surface area contributed by atoms with Crippen LogP contribution in [-0.2, 0) is 6.42 Å². The maximum Gasteiger partial charge on any atom is 0.257 e. The molecule has 0 saturated carbocycles. The Morgan fingerprint density at radius 2 is 2.29 bits per heavy atom. The SMILES string of the molecule is CCc1nnc(NC(=O)c2ccc(C#CCN)c(F)c2)s1. The number of benzene rings is 1. The minimum Gasteiger partial charge on any atom is -0.320 e. The molecule has 2 rings (SSSR count). The maximum absolute atomic E-state index is 13.8. The molecule has 7 heteroatoms. The number of aromatic nitrogens is 2. The summed E-state index contributed by atoms with van der Waals surface area (Å²) in [4.78, 5) is 12.0. The van der Waals surface area contributed by atoms with Crippen LogP contribution in [0.2, 0.25) is 0 Å². The summed E-state index contributed by atoms with van der Waals surface area (Å²) < 4.78 is 13.8. The molecule has 1 aromatic carbocycles. The summed E-state index contributed by atoms with van der Waals surface area (Å²) in [7, 11) is 0. The second kappa shape index (κ2) is 6.92. The van der Waals surface area contributed by atoms with E-state index in [-0.39, 0.29) is 17.7 Å². The summed E-state index contributed by atoms with van der Waals surface area (Å²) in [5.74, 6) is 4.16. The van der Waals surface area contributed by atoms with Gasteiger partial charge in [-0.1, -0.05) is 30.1 Å². The first-order valence-electron chi connectivity index (χ1n) is 6.26. The first-order valence-corrected chi connectivity index (χ1v) is 7.08. The van der Waals surface area contributed by atoms with E-state index in [9.17, 15) is 9.18 Å². The molecule has 0 spiro atoms. The molecule has 0 aliphatic heterocycles. The predicted octanol–water partition coefficient (Wildman–Crippen LogP) is 1.80. The number of halogens is 1. The van der Waals surface area contributed by atoms with Crippen LogP contribution in [0.5, 0.6) is 0 Å². The van der Waals surface area contributed by atoms with Crippen LogP contribution in [-0.4, -0.2) is 22.6 Å². The smallest absolute Gasteiger partial charge is 0.257 e. The van der Waals surface area contributed by atoms with Crippen molar-refractivity contribution in [3.8, 4) is 11.8 Å². The predicted molar refractivity (Wildman–Crippen MR) is 79.6 cm³/mol. The van der Waals surface area contributed by atoms with E-state index in [1.54, 1.807) is 0 Å². The lowest BCUT2D eigenvalue weighted by Crippen LogP contribution is -2.12. The van der Waals surface area contributed by atoms with E-state index < -0.39 is 11.7 Å². The van der Waals surface area contributed by atoms with Crippen molar-refractivity contribution in [1.82, 2.24) is 10.2 Å². The lowest BCUT2D eigenvalue weighted by molar-refractivity contribution is 0.102. The number of hydrogen-bond donors (Lipinski definition) is 2. The van der Waals surface area contributed by atoms with Crippen LogP contribution in [0.3, 0.4) is 0 Å². The number of nitrogens with zero attached hydrogens (tertiary/aromatic N) is 2. The Labute approximate surface area is 125 Å². The fourth-order valence-electron chi connectivity index (χ4n) is 1.52. The van der Waals surface area contributed by atoms with Crippen LogP contribution in [0.4, 0.5) is 9.52 Å². The molecule has 1 heterocycles. The van der Waals surface area contributed by atoms with Crippen LogP contribution in [0.1, 0.15) is 27.9 Å². The standard InChI is InChI=1S/C14H13FN4OS/c1-2-12-18-19-14(21-12)17-13(20)10-6-5-9(4-3-7-16)11(15)8-10/h5-6,8H,2,7,16H2,1H3,(H,17,19,20). The number of nitrogens with one attached hydrogen (secondary N) is 1. The molecule has 3 N–H and O–H groups in total. The molecule has 0 aliphatic rings. The maximum atomic E-state index is 13.8. The molecule has 0 fully saturated rings. The Morgan fingerprint density at radius 3 is 2.90 bits per heavy atom. The van der Waals surface area contributed by atoms with E-state index in [1.165, 1.54) is 23.5 Å². The highest BCUT2D eigenvalue weighted by Gasteiger charge is 2.11. The molecule has 21 heavy (non-hydrogen) atoms. The van der Waals surface area contributed by atoms with Crippen LogP contribution in [0.25, 0.3) is 0 Å². The van der Waals surface area contributed by atoms with Gasteiger partial charge in [-0.3, -0.25) is 10.1 Å². The largest absolute Gasteiger partial charge is 0.320 e. The summed E-state index contributed by atoms with van der Waals surface area (Å²) >= 11 is 1.29. The van der Waals surface area contributed by atoms with Crippen LogP contribution < -0.4 is 11.1 Å². The van der Waals surface area contributed by atoms with Gasteiger partial charge in [0.25, 0.3) is 5.91 Å². The number of amides is 1. The highest BCUT2D eigenvalue weighted by Crippen LogP contribution is 2.17. The molecular formula is C14H13FN4OS. The number of hydrogen-bond acceptors (Lipinski definition) is 5. The van der Waals surface area contributed by atoms with Gasteiger partial charge in [0, 0.05) is 5.56 Å². The van der Waals surface area contributed by atoms with Gasteiger partial charge >= 0.3 is 0 Å². The summed E-state index contributed by atoms with van der Waals surface area (Å²) in [5.41, 5.74) is 5.64. The van der Waals surface area contributed by atoms with Crippen LogP contribution in [0.15, 0.2) is 18.2 Å². The van der Waals surface area contributed by atoms with Gasteiger partial charge in [0.2, 0.25) is 5.13 Å². The topological polar surface area (TPSA) is 80.9 Å². The fourth-order valence-corrected chi connectivity index (χ4v) is 2.19. The highest BCUT2D eigenvalue weighted by atomic mass is 32.1. The van der Waals surface area contributed by atoms with Gasteiger partial charge in [-0.15, -0.1) is 10.2 Å². The average molecular weight is 304 g/mol. The van der Waals surface area contributed by atoms with E-state index >= 15 is 0 Å². The van der Waals surface area contributed by atoms with Crippen molar-refractivity contribution in [3.05, 3.63) is 40.2 Å². The van der Waals surface area contributed by atoms with E-state index in [1.807, 2.05) is 6.92 Å². The zero-order chi connectivity index (χ0) is 15.2. The Balaban J connectivity index is 2.14. The van der Waals surface area contributed by atoms with E-state index in [0.29, 0.717) is 5.13 Å². The third kappa shape index (κ3) is 3.84. The second-order valence-corrected chi connectivity index (χ2v) is 5.07. The molecule has 108 valence electrons. The zero-order valence-electron chi connectivity index (χ0n) is 11.3. The first kappa shape index (κ1) is 15.1. The third-order valence-electron chi connectivity index (χ3n) is 2.55. The summed E-state index contributed by atoms with van der Waals surface area (Å²) in [6.07, 6.45) is 0.747. The number of anilines is 1. The number of carbonyl (C=O) groups excluding carboxylic acids is 1. The summed E-state index contributed by atoms with van der Waals surface area (Å²) in [6.45, 7) is 2.10. The van der Waals surface area contributed by atoms with Gasteiger partial charge in [-0.2, -0.15) is 0 Å². The molecule has 2 aromatic rings. The first-order chi connectivity index (χ1) is 10.1. The van der Waals surface area contributed by atoms with E-state index in [4.69, 9.17) is 5.73 Å².